The molecule has 2 aromatic rings. The monoisotopic (exact) mass is 399 g/mol. The Kier molecular flexibility index (Phi) is 5.50. The molecule has 0 bridgehead atoms. The van der Waals surface area contributed by atoms with Gasteiger partial charge in [0.25, 0.3) is 5.91 Å². The van der Waals surface area contributed by atoms with Gasteiger partial charge in [-0.15, -0.1) is 0 Å². The van der Waals surface area contributed by atoms with E-state index in [1.807, 2.05) is 18.2 Å². The first-order chi connectivity index (χ1) is 13.6. The Labute approximate surface area is 168 Å². The van der Waals surface area contributed by atoms with Gasteiger partial charge in [-0.2, -0.15) is 0 Å². The number of benzene rings is 2. The summed E-state index contributed by atoms with van der Waals surface area (Å²) in [6, 6.07) is 10.8. The van der Waals surface area contributed by atoms with Crippen LogP contribution in [0.25, 0.3) is 0 Å². The second-order valence-corrected chi connectivity index (χ2v) is 7.57. The molecule has 0 radical (unpaired) electrons. The Morgan fingerprint density at radius 1 is 1.11 bits per heavy atom. The number of anilines is 1. The maximum atomic E-state index is 12.7. The van der Waals surface area contributed by atoms with E-state index in [9.17, 15) is 9.59 Å². The maximum Gasteiger partial charge on any atom is 0.253 e. The number of nitrogens with zero attached hydrogens (tertiary/aromatic N) is 1. The van der Waals surface area contributed by atoms with Crippen molar-refractivity contribution in [2.24, 2.45) is 0 Å². The van der Waals surface area contributed by atoms with Crippen molar-refractivity contribution >= 4 is 29.1 Å². The number of fused-ring (bicyclic) bond motifs is 1. The molecule has 2 amide bonds. The van der Waals surface area contributed by atoms with Crippen molar-refractivity contribution in [3.05, 3.63) is 58.1 Å². The summed E-state index contributed by atoms with van der Waals surface area (Å²) < 4.78 is 5.29. The summed E-state index contributed by atoms with van der Waals surface area (Å²) in [5, 5.41) is 6.20. The van der Waals surface area contributed by atoms with Gasteiger partial charge in [0.2, 0.25) is 5.91 Å². The molecule has 28 heavy (non-hydrogen) atoms. The summed E-state index contributed by atoms with van der Waals surface area (Å²) in [5.74, 6) is 0.492. The fraction of sp³-hybridized carbons (Fsp3) is 0.333. The van der Waals surface area contributed by atoms with Crippen molar-refractivity contribution in [2.45, 2.75) is 26.0 Å². The molecule has 6 nitrogen and oxygen atoms in total. The average Bonchev–Trinajstić information content (AvgIpc) is 3.15. The number of carbonyl (C=O) groups is 2. The van der Waals surface area contributed by atoms with Crippen LogP contribution in [0.4, 0.5) is 5.69 Å². The van der Waals surface area contributed by atoms with Gasteiger partial charge in [-0.3, -0.25) is 14.5 Å². The van der Waals surface area contributed by atoms with Crippen LogP contribution in [0.1, 0.15) is 34.3 Å². The highest BCUT2D eigenvalue weighted by molar-refractivity contribution is 6.31. The zero-order valence-electron chi connectivity index (χ0n) is 15.5. The molecule has 4 rings (SSSR count). The van der Waals surface area contributed by atoms with Gasteiger partial charge in [0.15, 0.2) is 0 Å². The van der Waals surface area contributed by atoms with Crippen LogP contribution in [0, 0.1) is 0 Å². The fourth-order valence-corrected chi connectivity index (χ4v) is 3.67. The molecule has 1 saturated heterocycles. The minimum atomic E-state index is -0.280. The summed E-state index contributed by atoms with van der Waals surface area (Å²) in [5.41, 5.74) is 2.97. The highest BCUT2D eigenvalue weighted by atomic mass is 35.5. The number of rotatable bonds is 6. The van der Waals surface area contributed by atoms with Gasteiger partial charge >= 0.3 is 0 Å². The van der Waals surface area contributed by atoms with E-state index in [1.54, 1.807) is 18.2 Å². The van der Waals surface area contributed by atoms with Crippen LogP contribution in [-0.4, -0.2) is 36.3 Å². The van der Waals surface area contributed by atoms with Gasteiger partial charge in [0.1, 0.15) is 12.4 Å². The van der Waals surface area contributed by atoms with E-state index >= 15 is 0 Å². The molecule has 2 aliphatic rings. The van der Waals surface area contributed by atoms with Gasteiger partial charge in [-0.05, 0) is 61.8 Å². The third-order valence-electron chi connectivity index (χ3n) is 5.03. The Morgan fingerprint density at radius 3 is 2.64 bits per heavy atom. The third-order valence-corrected chi connectivity index (χ3v) is 5.26. The smallest absolute Gasteiger partial charge is 0.253 e. The molecule has 0 aliphatic carbocycles. The molecule has 0 saturated carbocycles. The van der Waals surface area contributed by atoms with Crippen LogP contribution in [0.15, 0.2) is 36.4 Å². The average molecular weight is 400 g/mol. The largest absolute Gasteiger partial charge is 0.488 e. The Hall–Kier alpha value is -2.57. The predicted octanol–water partition coefficient (Wildman–Crippen LogP) is 3.20. The molecule has 0 spiro atoms. The predicted molar refractivity (Wildman–Crippen MR) is 108 cm³/mol. The Bertz CT molecular complexity index is 910. The summed E-state index contributed by atoms with van der Waals surface area (Å²) in [4.78, 5) is 27.2. The molecule has 2 aromatic carbocycles. The fourth-order valence-electron chi connectivity index (χ4n) is 3.50. The lowest BCUT2D eigenvalue weighted by Gasteiger charge is -2.21. The van der Waals surface area contributed by atoms with E-state index in [1.165, 1.54) is 0 Å². The van der Waals surface area contributed by atoms with Crippen LogP contribution in [0.2, 0.25) is 5.02 Å². The number of nitrogens with one attached hydrogen (secondary N) is 2. The number of likely N-dealkylation sites (tertiary alicyclic amines) is 1. The summed E-state index contributed by atoms with van der Waals surface area (Å²) in [6.45, 7) is 3.21. The SMILES string of the molecule is O=C(CN1CCCC1)Nc1ccc(Cl)cc1C(=O)NCc1ccc2c(c1)CO2. The van der Waals surface area contributed by atoms with E-state index in [4.69, 9.17) is 16.3 Å². The summed E-state index contributed by atoms with van der Waals surface area (Å²) >= 11 is 6.08. The van der Waals surface area contributed by atoms with E-state index in [-0.39, 0.29) is 11.8 Å². The number of carbonyl (C=O) groups excluding carboxylic acids is 2. The highest BCUT2D eigenvalue weighted by Gasteiger charge is 2.19. The maximum absolute atomic E-state index is 12.7. The lowest BCUT2D eigenvalue weighted by Crippen LogP contribution is -2.32. The van der Waals surface area contributed by atoms with Gasteiger partial charge < -0.3 is 15.4 Å². The first-order valence-electron chi connectivity index (χ1n) is 9.43. The highest BCUT2D eigenvalue weighted by Crippen LogP contribution is 2.29. The topological polar surface area (TPSA) is 70.7 Å². The van der Waals surface area contributed by atoms with Crippen LogP contribution < -0.4 is 15.4 Å². The van der Waals surface area contributed by atoms with E-state index in [2.05, 4.69) is 15.5 Å². The molecule has 7 heteroatoms. The van der Waals surface area contributed by atoms with Crippen molar-refractivity contribution in [1.29, 1.82) is 0 Å². The number of hydrogen-bond acceptors (Lipinski definition) is 4. The first kappa shape index (κ1) is 18.8. The Balaban J connectivity index is 1.41. The standard InChI is InChI=1S/C21H22ClN3O3/c22-16-4-5-18(24-20(26)12-25-7-1-2-8-25)17(10-16)21(27)23-11-14-3-6-19-15(9-14)13-28-19/h3-6,9-10H,1-2,7-8,11-13H2,(H,23,27)(H,24,26). The zero-order valence-corrected chi connectivity index (χ0v) is 16.2. The van der Waals surface area contributed by atoms with Crippen molar-refractivity contribution < 1.29 is 14.3 Å². The minimum absolute atomic E-state index is 0.124. The molecule has 0 aromatic heterocycles. The number of hydrogen-bond donors (Lipinski definition) is 2. The Morgan fingerprint density at radius 2 is 1.93 bits per heavy atom. The van der Waals surface area contributed by atoms with Gasteiger partial charge in [0, 0.05) is 17.1 Å². The minimum Gasteiger partial charge on any atom is -0.488 e. The second-order valence-electron chi connectivity index (χ2n) is 7.13. The van der Waals surface area contributed by atoms with Crippen molar-refractivity contribution in [2.75, 3.05) is 25.0 Å². The summed E-state index contributed by atoms with van der Waals surface area (Å²) in [6.07, 6.45) is 2.24. The molecule has 0 atom stereocenters. The van der Waals surface area contributed by atoms with E-state index in [0.29, 0.717) is 36.0 Å². The van der Waals surface area contributed by atoms with E-state index in [0.717, 1.165) is 42.8 Å². The summed E-state index contributed by atoms with van der Waals surface area (Å²) in [7, 11) is 0. The van der Waals surface area contributed by atoms with Gasteiger partial charge in [0.05, 0.1) is 17.8 Å². The zero-order chi connectivity index (χ0) is 19.5. The molecular weight excluding hydrogens is 378 g/mol. The van der Waals surface area contributed by atoms with Gasteiger partial charge in [-0.25, -0.2) is 0 Å². The molecule has 0 unspecified atom stereocenters. The molecular formula is C21H22ClN3O3. The molecule has 1 fully saturated rings. The van der Waals surface area contributed by atoms with Crippen LogP contribution in [-0.2, 0) is 17.9 Å². The quantitative estimate of drug-likeness (QED) is 0.782. The number of halogens is 1. The normalized spacial score (nSPS) is 15.3. The number of amides is 2. The van der Waals surface area contributed by atoms with Crippen LogP contribution in [0.3, 0.4) is 0 Å². The molecule has 2 heterocycles. The van der Waals surface area contributed by atoms with E-state index < -0.39 is 0 Å². The van der Waals surface area contributed by atoms with Gasteiger partial charge in [-0.1, -0.05) is 17.7 Å². The first-order valence-corrected chi connectivity index (χ1v) is 9.81. The lowest BCUT2D eigenvalue weighted by molar-refractivity contribution is -0.117. The molecule has 2 aliphatic heterocycles. The third kappa shape index (κ3) is 4.29. The lowest BCUT2D eigenvalue weighted by atomic mass is 10.1. The number of ether oxygens (including phenoxy) is 1. The van der Waals surface area contributed by atoms with Crippen LogP contribution >= 0.6 is 11.6 Å². The molecule has 2 N–H and O–H groups in total. The van der Waals surface area contributed by atoms with Crippen molar-refractivity contribution in [3.63, 3.8) is 0 Å². The van der Waals surface area contributed by atoms with Crippen molar-refractivity contribution in [1.82, 2.24) is 10.2 Å². The second kappa shape index (κ2) is 8.20. The molecule has 146 valence electrons. The van der Waals surface area contributed by atoms with Crippen molar-refractivity contribution in [3.8, 4) is 5.75 Å². The van der Waals surface area contributed by atoms with Crippen LogP contribution in [0.5, 0.6) is 5.75 Å².